The SMILES string of the molecule is O=C(NC1CCCC1n1ccnc1)c1ccc(-c2nc3ccccc3s2)o1. The molecule has 1 saturated carbocycles. The second kappa shape index (κ2) is 6.66. The molecule has 1 aliphatic carbocycles. The number of rotatable bonds is 4. The summed E-state index contributed by atoms with van der Waals surface area (Å²) in [5.74, 6) is 0.763. The Hall–Kier alpha value is -2.93. The zero-order valence-electron chi connectivity index (χ0n) is 14.5. The molecule has 1 N–H and O–H groups in total. The molecular formula is C20H18N4O2S. The van der Waals surface area contributed by atoms with Crippen LogP contribution in [-0.2, 0) is 0 Å². The summed E-state index contributed by atoms with van der Waals surface area (Å²) in [4.78, 5) is 21.4. The van der Waals surface area contributed by atoms with Crippen LogP contribution in [0.15, 0.2) is 59.5 Å². The molecule has 0 bridgehead atoms. The number of thiazole rings is 1. The minimum absolute atomic E-state index is 0.0858. The van der Waals surface area contributed by atoms with E-state index in [9.17, 15) is 4.79 Å². The van der Waals surface area contributed by atoms with Crippen LogP contribution in [0.1, 0.15) is 35.9 Å². The molecule has 4 aromatic rings. The van der Waals surface area contributed by atoms with Gasteiger partial charge in [0.1, 0.15) is 0 Å². The van der Waals surface area contributed by atoms with Gasteiger partial charge < -0.3 is 14.3 Å². The third-order valence-electron chi connectivity index (χ3n) is 5.04. The Kier molecular flexibility index (Phi) is 4.01. The zero-order chi connectivity index (χ0) is 18.2. The fraction of sp³-hybridized carbons (Fsp3) is 0.250. The number of nitrogens with one attached hydrogen (secondary N) is 1. The van der Waals surface area contributed by atoms with Crippen molar-refractivity contribution in [3.05, 3.63) is 60.9 Å². The maximum atomic E-state index is 12.7. The first-order valence-electron chi connectivity index (χ1n) is 9.02. The molecule has 0 aliphatic heterocycles. The zero-order valence-corrected chi connectivity index (χ0v) is 15.4. The quantitative estimate of drug-likeness (QED) is 0.575. The summed E-state index contributed by atoms with van der Waals surface area (Å²) in [7, 11) is 0. The third-order valence-corrected chi connectivity index (χ3v) is 6.09. The highest BCUT2D eigenvalue weighted by atomic mass is 32.1. The normalized spacial score (nSPS) is 19.6. The van der Waals surface area contributed by atoms with E-state index in [1.165, 1.54) is 0 Å². The molecule has 5 rings (SSSR count). The predicted molar refractivity (Wildman–Crippen MR) is 104 cm³/mol. The number of nitrogens with zero attached hydrogens (tertiary/aromatic N) is 3. The van der Waals surface area contributed by atoms with E-state index in [0.29, 0.717) is 11.5 Å². The lowest BCUT2D eigenvalue weighted by Gasteiger charge is -2.21. The number of benzene rings is 1. The molecule has 7 heteroatoms. The van der Waals surface area contributed by atoms with E-state index in [1.807, 2.05) is 42.9 Å². The van der Waals surface area contributed by atoms with Crippen molar-refractivity contribution >= 4 is 27.5 Å². The largest absolute Gasteiger partial charge is 0.448 e. The van der Waals surface area contributed by atoms with Gasteiger partial charge in [0, 0.05) is 12.4 Å². The van der Waals surface area contributed by atoms with Crippen LogP contribution in [-0.4, -0.2) is 26.5 Å². The van der Waals surface area contributed by atoms with Crippen LogP contribution in [0.25, 0.3) is 21.0 Å². The number of imidazole rings is 1. The van der Waals surface area contributed by atoms with Gasteiger partial charge in [-0.1, -0.05) is 12.1 Å². The predicted octanol–water partition coefficient (Wildman–Crippen LogP) is 4.28. The Morgan fingerprint density at radius 3 is 3.00 bits per heavy atom. The maximum Gasteiger partial charge on any atom is 0.287 e. The topological polar surface area (TPSA) is 73.0 Å². The second-order valence-electron chi connectivity index (χ2n) is 6.74. The molecule has 1 aliphatic rings. The number of amides is 1. The van der Waals surface area contributed by atoms with Gasteiger partial charge >= 0.3 is 0 Å². The summed E-state index contributed by atoms with van der Waals surface area (Å²) in [6, 6.07) is 11.8. The van der Waals surface area contributed by atoms with Crippen LogP contribution in [0.4, 0.5) is 0 Å². The number of furan rings is 1. The molecule has 3 heterocycles. The molecule has 1 fully saturated rings. The van der Waals surface area contributed by atoms with Crippen LogP contribution in [0.5, 0.6) is 0 Å². The Balaban J connectivity index is 1.34. The molecule has 2 unspecified atom stereocenters. The van der Waals surface area contributed by atoms with Crippen molar-refractivity contribution in [2.24, 2.45) is 0 Å². The molecule has 1 amide bonds. The van der Waals surface area contributed by atoms with Gasteiger partial charge in [0.05, 0.1) is 28.6 Å². The van der Waals surface area contributed by atoms with Gasteiger partial charge in [-0.05, 0) is 43.5 Å². The lowest BCUT2D eigenvalue weighted by atomic mass is 10.1. The molecule has 27 heavy (non-hydrogen) atoms. The van der Waals surface area contributed by atoms with Gasteiger partial charge in [-0.3, -0.25) is 4.79 Å². The number of carbonyl (C=O) groups is 1. The minimum atomic E-state index is -0.181. The molecule has 6 nitrogen and oxygen atoms in total. The molecular weight excluding hydrogens is 360 g/mol. The van der Waals surface area contributed by atoms with E-state index >= 15 is 0 Å². The summed E-state index contributed by atoms with van der Waals surface area (Å²) in [6.45, 7) is 0. The first-order valence-corrected chi connectivity index (χ1v) is 9.84. The number of hydrogen-bond acceptors (Lipinski definition) is 5. The van der Waals surface area contributed by atoms with Crippen LogP contribution in [0.2, 0.25) is 0 Å². The first-order chi connectivity index (χ1) is 13.3. The van der Waals surface area contributed by atoms with Gasteiger partial charge in [0.15, 0.2) is 16.5 Å². The van der Waals surface area contributed by atoms with E-state index in [1.54, 1.807) is 23.6 Å². The molecule has 0 radical (unpaired) electrons. The van der Waals surface area contributed by atoms with Crippen molar-refractivity contribution in [2.45, 2.75) is 31.3 Å². The van der Waals surface area contributed by atoms with Crippen molar-refractivity contribution in [2.75, 3.05) is 0 Å². The first kappa shape index (κ1) is 16.3. The van der Waals surface area contributed by atoms with Crippen molar-refractivity contribution in [3.63, 3.8) is 0 Å². The van der Waals surface area contributed by atoms with E-state index in [2.05, 4.69) is 19.9 Å². The number of fused-ring (bicyclic) bond motifs is 1. The van der Waals surface area contributed by atoms with Crippen molar-refractivity contribution in [1.82, 2.24) is 19.9 Å². The van der Waals surface area contributed by atoms with Crippen molar-refractivity contribution in [1.29, 1.82) is 0 Å². The monoisotopic (exact) mass is 378 g/mol. The number of aromatic nitrogens is 3. The Labute approximate surface area is 159 Å². The molecule has 136 valence electrons. The standard InChI is InChI=1S/C20H18N4O2S/c25-19(22-13-5-3-6-15(13)24-11-10-21-12-24)16-8-9-17(26-16)20-23-14-4-1-2-7-18(14)27-20/h1-2,4,7-13,15H,3,5-6H2,(H,22,25). The van der Waals surface area contributed by atoms with Crippen molar-refractivity contribution in [3.8, 4) is 10.8 Å². The lowest BCUT2D eigenvalue weighted by Crippen LogP contribution is -2.37. The molecule has 0 spiro atoms. The molecule has 1 aromatic carbocycles. The molecule has 3 aromatic heterocycles. The van der Waals surface area contributed by atoms with Crippen molar-refractivity contribution < 1.29 is 9.21 Å². The van der Waals surface area contributed by atoms with Gasteiger partial charge in [-0.25, -0.2) is 9.97 Å². The average molecular weight is 378 g/mol. The Morgan fingerprint density at radius 1 is 1.22 bits per heavy atom. The van der Waals surface area contributed by atoms with Crippen LogP contribution in [0, 0.1) is 0 Å². The van der Waals surface area contributed by atoms with E-state index in [-0.39, 0.29) is 18.0 Å². The molecule has 0 saturated heterocycles. The Morgan fingerprint density at radius 2 is 2.15 bits per heavy atom. The summed E-state index contributed by atoms with van der Waals surface area (Å²) >= 11 is 1.56. The van der Waals surface area contributed by atoms with E-state index < -0.39 is 0 Å². The van der Waals surface area contributed by atoms with E-state index in [0.717, 1.165) is 34.5 Å². The van der Waals surface area contributed by atoms with Crippen LogP contribution < -0.4 is 5.32 Å². The van der Waals surface area contributed by atoms with E-state index in [4.69, 9.17) is 4.42 Å². The summed E-state index contributed by atoms with van der Waals surface area (Å²) in [6.07, 6.45) is 8.62. The summed E-state index contributed by atoms with van der Waals surface area (Å²) in [5.41, 5.74) is 0.939. The number of para-hydroxylation sites is 1. The summed E-state index contributed by atoms with van der Waals surface area (Å²) in [5, 5.41) is 3.91. The maximum absolute atomic E-state index is 12.7. The van der Waals surface area contributed by atoms with Gasteiger partial charge in [0.2, 0.25) is 0 Å². The van der Waals surface area contributed by atoms with Gasteiger partial charge in [-0.15, -0.1) is 11.3 Å². The minimum Gasteiger partial charge on any atom is -0.448 e. The van der Waals surface area contributed by atoms with Crippen LogP contribution >= 0.6 is 11.3 Å². The fourth-order valence-corrected chi connectivity index (χ4v) is 4.65. The highest BCUT2D eigenvalue weighted by molar-refractivity contribution is 7.21. The summed E-state index contributed by atoms with van der Waals surface area (Å²) < 4.78 is 8.99. The lowest BCUT2D eigenvalue weighted by molar-refractivity contribution is 0.0901. The second-order valence-corrected chi connectivity index (χ2v) is 7.77. The molecule has 2 atom stereocenters. The van der Waals surface area contributed by atoms with Gasteiger partial charge in [-0.2, -0.15) is 0 Å². The number of carbonyl (C=O) groups excluding carboxylic acids is 1. The smallest absolute Gasteiger partial charge is 0.287 e. The number of hydrogen-bond donors (Lipinski definition) is 1. The van der Waals surface area contributed by atoms with Gasteiger partial charge in [0.25, 0.3) is 5.91 Å². The highest BCUT2D eigenvalue weighted by Gasteiger charge is 2.30. The Bertz CT molecular complexity index is 1050. The average Bonchev–Trinajstić information content (AvgIpc) is 3.46. The highest BCUT2D eigenvalue weighted by Crippen LogP contribution is 2.32. The third kappa shape index (κ3) is 3.04. The van der Waals surface area contributed by atoms with Crippen LogP contribution in [0.3, 0.4) is 0 Å². The fourth-order valence-electron chi connectivity index (χ4n) is 3.72.